The van der Waals surface area contributed by atoms with Gasteiger partial charge in [-0.25, -0.2) is 4.79 Å². The molecule has 0 unspecified atom stereocenters. The Balaban J connectivity index is 2.58. The highest BCUT2D eigenvalue weighted by Crippen LogP contribution is 2.01. The van der Waals surface area contributed by atoms with Crippen LogP contribution in [-0.4, -0.2) is 23.3 Å². The Bertz CT molecular complexity index is 346. The van der Waals surface area contributed by atoms with Crippen LogP contribution < -0.4 is 0 Å². The minimum Gasteiger partial charge on any atom is -0.459 e. The number of carbonyl (C=O) groups is 2. The summed E-state index contributed by atoms with van der Waals surface area (Å²) in [7, 11) is 0. The summed E-state index contributed by atoms with van der Waals surface area (Å²) in [5, 5.41) is 0. The van der Waals surface area contributed by atoms with Gasteiger partial charge in [-0.2, -0.15) is 0 Å². The Morgan fingerprint density at radius 2 is 1.93 bits per heavy atom. The molecule has 80 valence electrons. The molecule has 0 fully saturated rings. The SMILES string of the molecule is CC(C)COC(=O)C(=O)c1ccncc1. The molecule has 1 heterocycles. The zero-order chi connectivity index (χ0) is 11.3. The molecule has 0 aromatic carbocycles. The standard InChI is InChI=1S/C11H13NO3/c1-8(2)7-15-11(14)10(13)9-3-5-12-6-4-9/h3-6,8H,7H2,1-2H3. The average molecular weight is 207 g/mol. The Morgan fingerprint density at radius 1 is 1.33 bits per heavy atom. The first-order valence-corrected chi connectivity index (χ1v) is 4.72. The normalized spacial score (nSPS) is 10.1. The largest absolute Gasteiger partial charge is 0.459 e. The van der Waals surface area contributed by atoms with E-state index in [0.29, 0.717) is 5.56 Å². The summed E-state index contributed by atoms with van der Waals surface area (Å²) in [5.41, 5.74) is 0.304. The molecule has 15 heavy (non-hydrogen) atoms. The van der Waals surface area contributed by atoms with Crippen LogP contribution in [0.2, 0.25) is 0 Å². The van der Waals surface area contributed by atoms with Gasteiger partial charge in [-0.05, 0) is 18.1 Å². The van der Waals surface area contributed by atoms with Crippen LogP contribution in [-0.2, 0) is 9.53 Å². The molecule has 0 aliphatic rings. The predicted molar refractivity (Wildman–Crippen MR) is 54.4 cm³/mol. The summed E-state index contributed by atoms with van der Waals surface area (Å²) in [6.45, 7) is 4.07. The van der Waals surface area contributed by atoms with Crippen LogP contribution >= 0.6 is 0 Å². The van der Waals surface area contributed by atoms with Crippen LogP contribution in [0.15, 0.2) is 24.5 Å². The number of rotatable bonds is 4. The average Bonchev–Trinajstić information content (AvgIpc) is 2.26. The fourth-order valence-corrected chi connectivity index (χ4v) is 0.929. The number of Topliss-reactive ketones (excluding diaryl/α,β-unsaturated/α-hetero) is 1. The molecule has 0 aliphatic carbocycles. The maximum absolute atomic E-state index is 11.5. The summed E-state index contributed by atoms with van der Waals surface area (Å²) in [4.78, 5) is 26.5. The van der Waals surface area contributed by atoms with Gasteiger partial charge in [0.05, 0.1) is 6.61 Å². The van der Waals surface area contributed by atoms with E-state index in [0.717, 1.165) is 0 Å². The molecule has 0 saturated heterocycles. The van der Waals surface area contributed by atoms with E-state index in [1.54, 1.807) is 0 Å². The molecule has 0 N–H and O–H groups in total. The number of esters is 1. The fourth-order valence-electron chi connectivity index (χ4n) is 0.929. The lowest BCUT2D eigenvalue weighted by molar-refractivity contribution is -0.139. The molecule has 1 rings (SSSR count). The van der Waals surface area contributed by atoms with E-state index in [1.807, 2.05) is 13.8 Å². The second-order valence-corrected chi connectivity index (χ2v) is 3.56. The Labute approximate surface area is 88.3 Å². The molecular weight excluding hydrogens is 194 g/mol. The van der Waals surface area contributed by atoms with Crippen molar-refractivity contribution in [2.24, 2.45) is 5.92 Å². The van der Waals surface area contributed by atoms with E-state index < -0.39 is 11.8 Å². The van der Waals surface area contributed by atoms with Crippen molar-refractivity contribution < 1.29 is 14.3 Å². The number of hydrogen-bond donors (Lipinski definition) is 0. The lowest BCUT2D eigenvalue weighted by atomic mass is 10.2. The number of pyridine rings is 1. The zero-order valence-electron chi connectivity index (χ0n) is 8.77. The van der Waals surface area contributed by atoms with Crippen LogP contribution in [0.1, 0.15) is 24.2 Å². The summed E-state index contributed by atoms with van der Waals surface area (Å²) in [5.74, 6) is -1.22. The lowest BCUT2D eigenvalue weighted by Crippen LogP contribution is -2.19. The van der Waals surface area contributed by atoms with E-state index in [2.05, 4.69) is 4.98 Å². The highest BCUT2D eigenvalue weighted by molar-refractivity contribution is 6.40. The number of nitrogens with zero attached hydrogens (tertiary/aromatic N) is 1. The van der Waals surface area contributed by atoms with E-state index in [4.69, 9.17) is 4.74 Å². The molecule has 0 aliphatic heterocycles. The third-order valence-electron chi connectivity index (χ3n) is 1.68. The van der Waals surface area contributed by atoms with Gasteiger partial charge in [0.1, 0.15) is 0 Å². The first-order chi connectivity index (χ1) is 7.11. The highest BCUT2D eigenvalue weighted by Gasteiger charge is 2.17. The minimum atomic E-state index is -0.810. The van der Waals surface area contributed by atoms with Gasteiger partial charge in [0.2, 0.25) is 0 Å². The van der Waals surface area contributed by atoms with Crippen molar-refractivity contribution in [1.29, 1.82) is 0 Å². The first kappa shape index (κ1) is 11.4. The first-order valence-electron chi connectivity index (χ1n) is 4.72. The van der Waals surface area contributed by atoms with Crippen LogP contribution in [0.3, 0.4) is 0 Å². The van der Waals surface area contributed by atoms with E-state index >= 15 is 0 Å². The monoisotopic (exact) mass is 207 g/mol. The van der Waals surface area contributed by atoms with Crippen molar-refractivity contribution in [3.8, 4) is 0 Å². The maximum atomic E-state index is 11.5. The third kappa shape index (κ3) is 3.50. The molecule has 4 nitrogen and oxygen atoms in total. The Hall–Kier alpha value is -1.71. The van der Waals surface area contributed by atoms with Crippen LogP contribution in [0.25, 0.3) is 0 Å². The van der Waals surface area contributed by atoms with Crippen molar-refractivity contribution in [3.63, 3.8) is 0 Å². The van der Waals surface area contributed by atoms with Crippen molar-refractivity contribution in [2.75, 3.05) is 6.61 Å². The number of carbonyl (C=O) groups excluding carboxylic acids is 2. The van der Waals surface area contributed by atoms with Crippen LogP contribution in [0, 0.1) is 5.92 Å². The van der Waals surface area contributed by atoms with Gasteiger partial charge in [0, 0.05) is 18.0 Å². The Morgan fingerprint density at radius 3 is 2.47 bits per heavy atom. The van der Waals surface area contributed by atoms with Gasteiger partial charge in [0.15, 0.2) is 0 Å². The molecule has 4 heteroatoms. The molecule has 0 atom stereocenters. The third-order valence-corrected chi connectivity index (χ3v) is 1.68. The highest BCUT2D eigenvalue weighted by atomic mass is 16.5. The van der Waals surface area contributed by atoms with Crippen molar-refractivity contribution in [2.45, 2.75) is 13.8 Å². The van der Waals surface area contributed by atoms with Gasteiger partial charge in [-0.3, -0.25) is 9.78 Å². The molecular formula is C11H13NO3. The van der Waals surface area contributed by atoms with Gasteiger partial charge >= 0.3 is 5.97 Å². The molecule has 0 amide bonds. The smallest absolute Gasteiger partial charge is 0.379 e. The molecule has 0 bridgehead atoms. The molecule has 0 spiro atoms. The topological polar surface area (TPSA) is 56.3 Å². The van der Waals surface area contributed by atoms with E-state index in [9.17, 15) is 9.59 Å². The molecule has 0 saturated carbocycles. The quantitative estimate of drug-likeness (QED) is 0.426. The minimum absolute atomic E-state index is 0.221. The number of ether oxygens (including phenoxy) is 1. The number of hydrogen-bond acceptors (Lipinski definition) is 4. The van der Waals surface area contributed by atoms with E-state index in [1.165, 1.54) is 24.5 Å². The maximum Gasteiger partial charge on any atom is 0.379 e. The Kier molecular flexibility index (Phi) is 3.97. The van der Waals surface area contributed by atoms with Crippen LogP contribution in [0.4, 0.5) is 0 Å². The second-order valence-electron chi connectivity index (χ2n) is 3.56. The second kappa shape index (κ2) is 5.24. The molecule has 0 radical (unpaired) electrons. The molecule has 1 aromatic rings. The number of aromatic nitrogens is 1. The van der Waals surface area contributed by atoms with Crippen molar-refractivity contribution in [3.05, 3.63) is 30.1 Å². The van der Waals surface area contributed by atoms with Gasteiger partial charge < -0.3 is 4.74 Å². The zero-order valence-corrected chi connectivity index (χ0v) is 8.77. The summed E-state index contributed by atoms with van der Waals surface area (Å²) < 4.78 is 4.81. The van der Waals surface area contributed by atoms with E-state index in [-0.39, 0.29) is 12.5 Å². The number of ketones is 1. The lowest BCUT2D eigenvalue weighted by Gasteiger charge is -2.05. The fraction of sp³-hybridized carbons (Fsp3) is 0.364. The summed E-state index contributed by atoms with van der Waals surface area (Å²) >= 11 is 0. The van der Waals surface area contributed by atoms with Crippen molar-refractivity contribution >= 4 is 11.8 Å². The summed E-state index contributed by atoms with van der Waals surface area (Å²) in [6, 6.07) is 2.97. The van der Waals surface area contributed by atoms with Gasteiger partial charge in [-0.15, -0.1) is 0 Å². The van der Waals surface area contributed by atoms with Gasteiger partial charge in [-0.1, -0.05) is 13.8 Å². The predicted octanol–water partition coefficient (Wildman–Crippen LogP) is 1.46. The summed E-state index contributed by atoms with van der Waals surface area (Å²) in [6.07, 6.45) is 2.92. The van der Waals surface area contributed by atoms with Crippen LogP contribution in [0.5, 0.6) is 0 Å². The molecule has 1 aromatic heterocycles. The van der Waals surface area contributed by atoms with Gasteiger partial charge in [0.25, 0.3) is 5.78 Å². The van der Waals surface area contributed by atoms with Crippen molar-refractivity contribution in [1.82, 2.24) is 4.98 Å².